The number of amides is 1. The van der Waals surface area contributed by atoms with Gasteiger partial charge in [0.25, 0.3) is 0 Å². The maximum Gasteiger partial charge on any atom is 0.223 e. The number of hydrogen-bond acceptors (Lipinski definition) is 4. The van der Waals surface area contributed by atoms with Gasteiger partial charge in [-0.2, -0.15) is 5.10 Å². The predicted octanol–water partition coefficient (Wildman–Crippen LogP) is -5.54. The van der Waals surface area contributed by atoms with E-state index < -0.39 is 21.1 Å². The lowest BCUT2D eigenvalue weighted by molar-refractivity contribution is -0.124. The van der Waals surface area contributed by atoms with E-state index in [9.17, 15) is 4.79 Å². The zero-order valence-corrected chi connectivity index (χ0v) is 22.9. The van der Waals surface area contributed by atoms with Crippen molar-refractivity contribution < 1.29 is 4.79 Å². The van der Waals surface area contributed by atoms with E-state index in [2.05, 4.69) is 90.8 Å². The number of halogens is 1. The van der Waals surface area contributed by atoms with Gasteiger partial charge < -0.3 is 4.90 Å². The molecule has 1 N–H and O–H groups in total. The Morgan fingerprint density at radius 1 is 0.943 bits per heavy atom. The molecule has 168 valence electrons. The molecule has 0 spiro atoms. The highest BCUT2D eigenvalue weighted by molar-refractivity contribution is 6.69. The fraction of sp³-hybridized carbons (Fsp3) is 0.263. The molecule has 0 aromatic carbocycles. The van der Waals surface area contributed by atoms with Crippen LogP contribution in [0, 0.1) is 0 Å². The molecule has 0 aliphatic carbocycles. The molecule has 1 atom stereocenters. The zero-order chi connectivity index (χ0) is 26.0. The number of pyridine rings is 2. The summed E-state index contributed by atoms with van der Waals surface area (Å²) < 4.78 is 0. The summed E-state index contributed by atoms with van der Waals surface area (Å²) in [6.45, 7) is 0. The minimum absolute atomic E-state index is 0.0525. The Morgan fingerprint density at radius 3 is 2.14 bits per heavy atom. The van der Waals surface area contributed by atoms with E-state index in [0.717, 1.165) is 16.8 Å². The van der Waals surface area contributed by atoms with Crippen LogP contribution < -0.4 is 4.90 Å². The lowest BCUT2D eigenvalue weighted by Crippen LogP contribution is -2.76. The van der Waals surface area contributed by atoms with Crippen molar-refractivity contribution in [2.24, 2.45) is 0 Å². The summed E-state index contributed by atoms with van der Waals surface area (Å²) in [5.74, 6) is 0.739. The largest absolute Gasteiger partial charge is 0.309 e. The number of nitrogens with zero attached hydrogens (tertiary/aromatic N) is 4. The number of H-pyrrole nitrogens is 1. The number of anilines is 1. The summed E-state index contributed by atoms with van der Waals surface area (Å²) in [6, 6.07) is 9.57. The minimum Gasteiger partial charge on any atom is -0.309 e. The van der Waals surface area contributed by atoms with Gasteiger partial charge in [-0.25, -0.2) is 4.98 Å². The van der Waals surface area contributed by atoms with E-state index in [-0.39, 0.29) is 11.1 Å². The molecule has 1 fully saturated rings. The first-order valence-corrected chi connectivity index (χ1v) is 12.4. The number of aromatic amines is 1. The van der Waals surface area contributed by atoms with Crippen molar-refractivity contribution >= 4 is 93.9 Å². The molecule has 1 aliphatic rings. The van der Waals surface area contributed by atoms with Gasteiger partial charge in [-0.1, -0.05) is 33.3 Å². The van der Waals surface area contributed by atoms with Gasteiger partial charge in [-0.05, 0) is 29.1 Å². The summed E-state index contributed by atoms with van der Waals surface area (Å²) >= 11 is 6.10. The number of carbonyl (C=O) groups excluding carboxylic acids is 1. The Kier molecular flexibility index (Phi) is 6.07. The molecule has 4 heterocycles. The molecule has 1 aliphatic heterocycles. The minimum atomic E-state index is -0.795. The lowest BCUT2D eigenvalue weighted by Gasteiger charge is -2.72. The molecule has 35 heavy (non-hydrogen) atoms. The molecule has 3 aromatic rings. The highest BCUT2D eigenvalue weighted by Crippen LogP contribution is 2.71. The van der Waals surface area contributed by atoms with Gasteiger partial charge in [-0.3, -0.25) is 14.9 Å². The molecular weight excluding hydrogens is 447 g/mol. The second-order valence-electron chi connectivity index (χ2n) is 11.9. The SMILES string of the molecule is BC1(B)N(c2cc(-c3ccncc3)n[nH]2)C(=O)[C@@](B)(C(B)(B)c2ccc(Cl)nc2)C(B)(B)C1(B)B. The summed E-state index contributed by atoms with van der Waals surface area (Å²) in [5.41, 5.74) is 2.69. The number of hydrogen-bond donors (Lipinski definition) is 1. The van der Waals surface area contributed by atoms with Crippen molar-refractivity contribution in [2.75, 3.05) is 4.90 Å². The fourth-order valence-electron chi connectivity index (χ4n) is 6.00. The molecule has 1 saturated heterocycles. The molecule has 6 nitrogen and oxygen atoms in total. The Morgan fingerprint density at radius 2 is 1.57 bits per heavy atom. The van der Waals surface area contributed by atoms with Crippen molar-refractivity contribution in [3.8, 4) is 11.3 Å². The second kappa shape index (κ2) is 8.19. The van der Waals surface area contributed by atoms with Gasteiger partial charge in [0, 0.05) is 35.5 Å². The van der Waals surface area contributed by atoms with Gasteiger partial charge in [0.05, 0.1) is 37.1 Å². The van der Waals surface area contributed by atoms with Crippen LogP contribution in [-0.4, -0.2) is 102 Å². The first-order chi connectivity index (χ1) is 16.1. The van der Waals surface area contributed by atoms with Crippen molar-refractivity contribution in [3.63, 3.8) is 0 Å². The van der Waals surface area contributed by atoms with Crippen LogP contribution in [0.4, 0.5) is 5.82 Å². The maximum absolute atomic E-state index is 14.8. The van der Waals surface area contributed by atoms with Gasteiger partial charge in [0.1, 0.15) is 50.2 Å². The molecule has 4 rings (SSSR count). The van der Waals surface area contributed by atoms with E-state index in [0.29, 0.717) is 11.0 Å². The van der Waals surface area contributed by atoms with Crippen LogP contribution in [0.5, 0.6) is 0 Å². The van der Waals surface area contributed by atoms with Crippen LogP contribution in [0.3, 0.4) is 0 Å². The molecule has 3 aromatic heterocycles. The van der Waals surface area contributed by atoms with Gasteiger partial charge >= 0.3 is 0 Å². The van der Waals surface area contributed by atoms with Crippen LogP contribution in [-0.2, 0) is 10.0 Å². The van der Waals surface area contributed by atoms with E-state index in [1.807, 2.05) is 29.2 Å². The topological polar surface area (TPSA) is 74.8 Å². The molecule has 0 radical (unpaired) electrons. The van der Waals surface area contributed by atoms with E-state index >= 15 is 0 Å². The monoisotopic (exact) mass is 475 g/mol. The van der Waals surface area contributed by atoms with Crippen LogP contribution in [0.1, 0.15) is 5.56 Å². The van der Waals surface area contributed by atoms with E-state index in [4.69, 9.17) is 11.6 Å². The standard InChI is InChI=1S/C19H27B9ClN5O/c20-15(16(21,22)10-1-2-12(29)31-8-10)14(35)34(19(27,28)18(25,26)17(15,23)24)13-7-11(32-33-13)9-3-5-30-6-4-9/h1-8H,20-28H2,(H,32,33)/t15-/m1/s1. The third kappa shape index (κ3) is 3.44. The van der Waals surface area contributed by atoms with Crippen LogP contribution in [0.2, 0.25) is 20.9 Å². The molecule has 0 saturated carbocycles. The molecule has 0 bridgehead atoms. The quantitative estimate of drug-likeness (QED) is 0.303. The summed E-state index contributed by atoms with van der Waals surface area (Å²) in [6.07, 6.45) is 5.28. The number of rotatable bonds is 4. The van der Waals surface area contributed by atoms with Crippen molar-refractivity contribution in [1.29, 1.82) is 0 Å². The predicted molar refractivity (Wildman–Crippen MR) is 168 cm³/mol. The van der Waals surface area contributed by atoms with Crippen LogP contribution in [0.25, 0.3) is 11.3 Å². The second-order valence-corrected chi connectivity index (χ2v) is 12.3. The summed E-state index contributed by atoms with van der Waals surface area (Å²) in [5, 5.41) is 5.62. The Labute approximate surface area is 220 Å². The highest BCUT2D eigenvalue weighted by Gasteiger charge is 2.69. The third-order valence-corrected chi connectivity index (χ3v) is 10.2. The molecule has 0 unspecified atom stereocenters. The van der Waals surface area contributed by atoms with Gasteiger partial charge in [0.2, 0.25) is 5.91 Å². The van der Waals surface area contributed by atoms with E-state index in [1.54, 1.807) is 24.7 Å². The first kappa shape index (κ1) is 25.9. The Hall–Kier alpha value is -2.15. The van der Waals surface area contributed by atoms with Crippen molar-refractivity contribution in [3.05, 3.63) is 59.6 Å². The van der Waals surface area contributed by atoms with Gasteiger partial charge in [-0.15, -0.1) is 0 Å². The average molecular weight is 474 g/mol. The zero-order valence-electron chi connectivity index (χ0n) is 22.2. The molecular formula is C19H27B9ClN5O. The van der Waals surface area contributed by atoms with Crippen molar-refractivity contribution in [2.45, 2.75) is 26.3 Å². The number of nitrogens with one attached hydrogen (secondary N) is 1. The smallest absolute Gasteiger partial charge is 0.223 e. The third-order valence-electron chi connectivity index (χ3n) is 10.0. The first-order valence-electron chi connectivity index (χ1n) is 12.0. The normalized spacial score (nSPS) is 23.1. The van der Waals surface area contributed by atoms with Gasteiger partial charge in [0.15, 0.2) is 0 Å². The molecule has 1 amide bonds. The summed E-state index contributed by atoms with van der Waals surface area (Å²) in [4.78, 5) is 25.2. The summed E-state index contributed by atoms with van der Waals surface area (Å²) in [7, 11) is 19.7. The lowest BCUT2D eigenvalue weighted by atomic mass is 9.08. The number of piperidine rings is 1. The van der Waals surface area contributed by atoms with E-state index in [1.165, 1.54) is 0 Å². The maximum atomic E-state index is 14.8. The van der Waals surface area contributed by atoms with Crippen LogP contribution >= 0.6 is 11.6 Å². The molecule has 16 heteroatoms. The van der Waals surface area contributed by atoms with Crippen molar-refractivity contribution in [1.82, 2.24) is 20.2 Å². The highest BCUT2D eigenvalue weighted by atomic mass is 35.5. The number of aromatic nitrogens is 4. The Bertz CT molecular complexity index is 1270. The Balaban J connectivity index is 1.92. The van der Waals surface area contributed by atoms with Crippen LogP contribution in [0.15, 0.2) is 48.9 Å². The average Bonchev–Trinajstić information content (AvgIpc) is 3.27. The number of carbonyl (C=O) groups is 1. The fourth-order valence-corrected chi connectivity index (χ4v) is 6.12.